The lowest BCUT2D eigenvalue weighted by Crippen LogP contribution is -2.63. The van der Waals surface area contributed by atoms with Crippen molar-refractivity contribution in [1.82, 2.24) is 0 Å². The SMILES string of the molecule is COC1(CO)CC(C(=O)OC(C)C)(C(=O)OC(C)C)C1. The van der Waals surface area contributed by atoms with Crippen molar-refractivity contribution in [3.63, 3.8) is 0 Å². The van der Waals surface area contributed by atoms with Crippen LogP contribution in [0.3, 0.4) is 0 Å². The third-order valence-electron chi connectivity index (χ3n) is 3.44. The van der Waals surface area contributed by atoms with Crippen LogP contribution in [0, 0.1) is 5.41 Å². The van der Waals surface area contributed by atoms with E-state index in [-0.39, 0.29) is 31.7 Å². The number of rotatable bonds is 6. The van der Waals surface area contributed by atoms with Crippen LogP contribution in [0.15, 0.2) is 0 Å². The van der Waals surface area contributed by atoms with Gasteiger partial charge in [-0.25, -0.2) is 0 Å². The Hall–Kier alpha value is -1.14. The number of aliphatic hydroxyl groups excluding tert-OH is 1. The fourth-order valence-corrected chi connectivity index (χ4v) is 2.39. The highest BCUT2D eigenvalue weighted by Crippen LogP contribution is 2.52. The summed E-state index contributed by atoms with van der Waals surface area (Å²) in [6, 6.07) is 0. The zero-order valence-corrected chi connectivity index (χ0v) is 12.8. The second-order valence-electron chi connectivity index (χ2n) is 5.89. The molecule has 0 aromatic heterocycles. The molecule has 1 N–H and O–H groups in total. The highest BCUT2D eigenvalue weighted by atomic mass is 16.6. The number of esters is 2. The highest BCUT2D eigenvalue weighted by Gasteiger charge is 2.66. The lowest BCUT2D eigenvalue weighted by molar-refractivity contribution is -0.218. The van der Waals surface area contributed by atoms with Gasteiger partial charge in [-0.05, 0) is 27.7 Å². The molecule has 6 nitrogen and oxygen atoms in total. The average Bonchev–Trinajstić information content (AvgIpc) is 2.27. The number of carbonyl (C=O) groups is 2. The van der Waals surface area contributed by atoms with Crippen molar-refractivity contribution in [1.29, 1.82) is 0 Å². The van der Waals surface area contributed by atoms with Gasteiger partial charge in [-0.3, -0.25) is 9.59 Å². The zero-order chi connectivity index (χ0) is 15.6. The topological polar surface area (TPSA) is 82.1 Å². The molecule has 1 aliphatic rings. The van der Waals surface area contributed by atoms with Gasteiger partial charge in [0.25, 0.3) is 0 Å². The van der Waals surface area contributed by atoms with E-state index in [0.717, 1.165) is 0 Å². The fourth-order valence-electron chi connectivity index (χ4n) is 2.39. The molecule has 0 aromatic carbocycles. The molecule has 1 fully saturated rings. The van der Waals surface area contributed by atoms with E-state index in [2.05, 4.69) is 0 Å². The first kappa shape index (κ1) is 16.9. The van der Waals surface area contributed by atoms with Gasteiger partial charge < -0.3 is 19.3 Å². The molecule has 0 aromatic rings. The van der Waals surface area contributed by atoms with Gasteiger partial charge in [-0.2, -0.15) is 0 Å². The van der Waals surface area contributed by atoms with Crippen LogP contribution >= 0.6 is 0 Å². The molecule has 20 heavy (non-hydrogen) atoms. The molecule has 6 heteroatoms. The first-order valence-electron chi connectivity index (χ1n) is 6.79. The quantitative estimate of drug-likeness (QED) is 0.581. The highest BCUT2D eigenvalue weighted by molar-refractivity contribution is 6.01. The van der Waals surface area contributed by atoms with Crippen molar-refractivity contribution >= 4 is 11.9 Å². The Morgan fingerprint density at radius 2 is 1.45 bits per heavy atom. The summed E-state index contributed by atoms with van der Waals surface area (Å²) >= 11 is 0. The smallest absolute Gasteiger partial charge is 0.323 e. The first-order chi connectivity index (χ1) is 9.21. The molecule has 1 rings (SSSR count). The maximum atomic E-state index is 12.2. The predicted octanol–water partition coefficient (Wildman–Crippen LogP) is 1.05. The molecule has 0 radical (unpaired) electrons. The Balaban J connectivity index is 2.93. The summed E-state index contributed by atoms with van der Waals surface area (Å²) in [6.07, 6.45) is -0.496. The Morgan fingerprint density at radius 1 is 1.05 bits per heavy atom. The van der Waals surface area contributed by atoms with Gasteiger partial charge in [0.1, 0.15) is 0 Å². The molecule has 0 bridgehead atoms. The predicted molar refractivity (Wildman–Crippen MR) is 70.9 cm³/mol. The van der Waals surface area contributed by atoms with E-state index in [1.807, 2.05) is 0 Å². The third-order valence-corrected chi connectivity index (χ3v) is 3.44. The van der Waals surface area contributed by atoms with Gasteiger partial charge >= 0.3 is 11.9 Å². The monoisotopic (exact) mass is 288 g/mol. The van der Waals surface area contributed by atoms with Crippen molar-refractivity contribution in [2.75, 3.05) is 13.7 Å². The molecular weight excluding hydrogens is 264 g/mol. The minimum absolute atomic E-state index is 0.0735. The van der Waals surface area contributed by atoms with Gasteiger partial charge in [-0.1, -0.05) is 0 Å². The van der Waals surface area contributed by atoms with Crippen LogP contribution in [-0.4, -0.2) is 48.6 Å². The molecule has 116 valence electrons. The van der Waals surface area contributed by atoms with Gasteiger partial charge in [-0.15, -0.1) is 0 Å². The number of aliphatic hydroxyl groups is 1. The summed E-state index contributed by atoms with van der Waals surface area (Å²) in [6.45, 7) is 6.61. The van der Waals surface area contributed by atoms with Crippen LogP contribution in [0.2, 0.25) is 0 Å². The largest absolute Gasteiger partial charge is 0.462 e. The van der Waals surface area contributed by atoms with Crippen molar-refractivity contribution in [3.05, 3.63) is 0 Å². The molecule has 0 amide bonds. The van der Waals surface area contributed by atoms with Crippen molar-refractivity contribution in [2.24, 2.45) is 5.41 Å². The summed E-state index contributed by atoms with van der Waals surface area (Å²) < 4.78 is 15.6. The molecule has 0 heterocycles. The Kier molecular flexibility index (Phi) is 5.15. The summed E-state index contributed by atoms with van der Waals surface area (Å²) in [5.41, 5.74) is -2.24. The van der Waals surface area contributed by atoms with Crippen LogP contribution in [-0.2, 0) is 23.8 Å². The van der Waals surface area contributed by atoms with E-state index in [4.69, 9.17) is 14.2 Å². The second-order valence-corrected chi connectivity index (χ2v) is 5.89. The van der Waals surface area contributed by atoms with Crippen LogP contribution < -0.4 is 0 Å². The van der Waals surface area contributed by atoms with Gasteiger partial charge in [0.15, 0.2) is 5.41 Å². The number of hydrogen-bond donors (Lipinski definition) is 1. The van der Waals surface area contributed by atoms with Crippen LogP contribution in [0.5, 0.6) is 0 Å². The van der Waals surface area contributed by atoms with Crippen LogP contribution in [0.25, 0.3) is 0 Å². The molecule has 0 unspecified atom stereocenters. The fraction of sp³-hybridized carbons (Fsp3) is 0.857. The van der Waals surface area contributed by atoms with E-state index < -0.39 is 23.0 Å². The first-order valence-corrected chi connectivity index (χ1v) is 6.79. The summed E-state index contributed by atoms with van der Waals surface area (Å²) in [5.74, 6) is -1.22. The minimum Gasteiger partial charge on any atom is -0.462 e. The Morgan fingerprint density at radius 3 is 1.70 bits per heavy atom. The molecule has 0 spiro atoms. The maximum Gasteiger partial charge on any atom is 0.323 e. The lowest BCUT2D eigenvalue weighted by Gasteiger charge is -2.50. The molecule has 1 aliphatic carbocycles. The molecule has 1 saturated carbocycles. The van der Waals surface area contributed by atoms with E-state index in [9.17, 15) is 14.7 Å². The molecular formula is C14H24O6. The third kappa shape index (κ3) is 3.12. The van der Waals surface area contributed by atoms with Crippen LogP contribution in [0.4, 0.5) is 0 Å². The molecule has 0 saturated heterocycles. The second kappa shape index (κ2) is 6.10. The van der Waals surface area contributed by atoms with E-state index >= 15 is 0 Å². The zero-order valence-electron chi connectivity index (χ0n) is 12.8. The summed E-state index contributed by atoms with van der Waals surface area (Å²) in [7, 11) is 1.45. The van der Waals surface area contributed by atoms with E-state index in [1.54, 1.807) is 27.7 Å². The average molecular weight is 288 g/mol. The summed E-state index contributed by atoms with van der Waals surface area (Å²) in [5, 5.41) is 9.37. The minimum atomic E-state index is -1.37. The maximum absolute atomic E-state index is 12.2. The van der Waals surface area contributed by atoms with E-state index in [0.29, 0.717) is 0 Å². The number of hydrogen-bond acceptors (Lipinski definition) is 6. The number of carbonyl (C=O) groups excluding carboxylic acids is 2. The normalized spacial score (nSPS) is 19.6. The van der Waals surface area contributed by atoms with Crippen molar-refractivity contribution < 1.29 is 28.9 Å². The van der Waals surface area contributed by atoms with Gasteiger partial charge in [0.05, 0.1) is 24.4 Å². The standard InChI is InChI=1S/C14H24O6/c1-9(2)19-11(16)14(12(17)20-10(3)4)6-13(7-14,8-15)18-5/h9-10,15H,6-8H2,1-5H3. The number of methoxy groups -OCH3 is 1. The Bertz CT molecular complexity index is 338. The van der Waals surface area contributed by atoms with E-state index in [1.165, 1.54) is 7.11 Å². The Labute approximate surface area is 119 Å². The van der Waals surface area contributed by atoms with Crippen molar-refractivity contribution in [2.45, 2.75) is 58.3 Å². The molecule has 0 atom stereocenters. The van der Waals surface area contributed by atoms with Gasteiger partial charge in [0.2, 0.25) is 0 Å². The van der Waals surface area contributed by atoms with Gasteiger partial charge in [0, 0.05) is 20.0 Å². The lowest BCUT2D eigenvalue weighted by atomic mass is 9.59. The van der Waals surface area contributed by atoms with Crippen molar-refractivity contribution in [3.8, 4) is 0 Å². The molecule has 0 aliphatic heterocycles. The van der Waals surface area contributed by atoms with Crippen LogP contribution in [0.1, 0.15) is 40.5 Å². The summed E-state index contributed by atoms with van der Waals surface area (Å²) in [4.78, 5) is 24.5. The number of ether oxygens (including phenoxy) is 3.